The SMILES string of the molecule is CCCOc1ccc([C@H]2[C@@H]3C(=O)N(c4ccccc4)C(=O)[C@H]3ON2c2ccccc2)cc1OCC. The molecule has 3 aromatic rings. The quantitative estimate of drug-likeness (QED) is 0.433. The largest absolute Gasteiger partial charge is 0.490 e. The first-order chi connectivity index (χ1) is 17.1. The molecule has 2 fully saturated rings. The fourth-order valence-corrected chi connectivity index (χ4v) is 4.69. The molecular formula is C28H28N2O5. The number of hydrogen-bond acceptors (Lipinski definition) is 6. The Balaban J connectivity index is 1.57. The summed E-state index contributed by atoms with van der Waals surface area (Å²) in [6.45, 7) is 5.01. The van der Waals surface area contributed by atoms with E-state index in [9.17, 15) is 9.59 Å². The van der Waals surface area contributed by atoms with Gasteiger partial charge in [-0.05, 0) is 55.3 Å². The van der Waals surface area contributed by atoms with E-state index in [1.54, 1.807) is 17.2 Å². The van der Waals surface area contributed by atoms with Crippen LogP contribution in [0.25, 0.3) is 0 Å². The minimum atomic E-state index is -0.917. The summed E-state index contributed by atoms with van der Waals surface area (Å²) in [6, 6.07) is 23.7. The maximum absolute atomic E-state index is 13.7. The summed E-state index contributed by atoms with van der Waals surface area (Å²) < 4.78 is 11.7. The van der Waals surface area contributed by atoms with E-state index in [1.807, 2.05) is 80.6 Å². The Morgan fingerprint density at radius 3 is 2.14 bits per heavy atom. The van der Waals surface area contributed by atoms with Gasteiger partial charge in [0.25, 0.3) is 5.91 Å². The molecule has 0 radical (unpaired) electrons. The Kier molecular flexibility index (Phi) is 6.42. The van der Waals surface area contributed by atoms with Crippen molar-refractivity contribution in [3.05, 3.63) is 84.4 Å². The lowest BCUT2D eigenvalue weighted by atomic mass is 9.90. The molecule has 0 saturated carbocycles. The lowest BCUT2D eigenvalue weighted by Gasteiger charge is -2.29. The summed E-state index contributed by atoms with van der Waals surface area (Å²) in [4.78, 5) is 34.6. The van der Waals surface area contributed by atoms with Crippen molar-refractivity contribution in [1.82, 2.24) is 0 Å². The summed E-state index contributed by atoms with van der Waals surface area (Å²) in [6.07, 6.45) is -0.0409. The molecule has 2 amide bonds. The number of imide groups is 1. The number of para-hydroxylation sites is 2. The van der Waals surface area contributed by atoms with E-state index in [-0.39, 0.29) is 11.8 Å². The van der Waals surface area contributed by atoms with E-state index in [1.165, 1.54) is 4.90 Å². The van der Waals surface area contributed by atoms with Gasteiger partial charge in [-0.3, -0.25) is 14.4 Å². The summed E-state index contributed by atoms with van der Waals surface area (Å²) in [5.41, 5.74) is 2.12. The van der Waals surface area contributed by atoms with Gasteiger partial charge in [-0.15, -0.1) is 0 Å². The lowest BCUT2D eigenvalue weighted by molar-refractivity contribution is -0.126. The first kappa shape index (κ1) is 22.9. The maximum atomic E-state index is 13.7. The van der Waals surface area contributed by atoms with Crippen LogP contribution in [-0.4, -0.2) is 31.1 Å². The van der Waals surface area contributed by atoms with Crippen molar-refractivity contribution in [3.8, 4) is 11.5 Å². The molecule has 0 N–H and O–H groups in total. The number of anilines is 2. The van der Waals surface area contributed by atoms with Crippen LogP contribution in [0.5, 0.6) is 11.5 Å². The third-order valence-corrected chi connectivity index (χ3v) is 6.21. The summed E-state index contributed by atoms with van der Waals surface area (Å²) in [7, 11) is 0. The lowest BCUT2D eigenvalue weighted by Crippen LogP contribution is -2.37. The van der Waals surface area contributed by atoms with Gasteiger partial charge in [-0.2, -0.15) is 0 Å². The van der Waals surface area contributed by atoms with Crippen LogP contribution >= 0.6 is 0 Å². The molecule has 3 atom stereocenters. The number of hydroxylamine groups is 1. The smallest absolute Gasteiger partial charge is 0.266 e. The van der Waals surface area contributed by atoms with Gasteiger partial charge in [0.2, 0.25) is 5.91 Å². The van der Waals surface area contributed by atoms with Crippen molar-refractivity contribution in [1.29, 1.82) is 0 Å². The molecule has 3 aromatic carbocycles. The third-order valence-electron chi connectivity index (χ3n) is 6.21. The number of carbonyl (C=O) groups is 2. The number of rotatable bonds is 8. The normalized spacial score (nSPS) is 21.4. The zero-order valence-corrected chi connectivity index (χ0v) is 19.8. The Labute approximate surface area is 204 Å². The highest BCUT2D eigenvalue weighted by Gasteiger charge is 2.60. The number of carbonyl (C=O) groups excluding carboxylic acids is 2. The molecule has 2 saturated heterocycles. The first-order valence-electron chi connectivity index (χ1n) is 12.0. The van der Waals surface area contributed by atoms with Crippen LogP contribution in [-0.2, 0) is 14.4 Å². The maximum Gasteiger partial charge on any atom is 0.266 e. The highest BCUT2D eigenvalue weighted by Crippen LogP contribution is 2.48. The van der Waals surface area contributed by atoms with Gasteiger partial charge in [-0.25, -0.2) is 9.96 Å². The molecule has 0 spiro atoms. The third kappa shape index (κ3) is 4.12. The van der Waals surface area contributed by atoms with Gasteiger partial charge in [0.05, 0.1) is 30.6 Å². The summed E-state index contributed by atoms with van der Waals surface area (Å²) >= 11 is 0. The number of ether oxygens (including phenoxy) is 2. The monoisotopic (exact) mass is 472 g/mol. The standard InChI is InChI=1S/C28H28N2O5/c1-3-17-34-22-16-15-19(18-23(22)33-4-2)25-24-26(35-30(25)21-13-9-6-10-14-21)28(32)29(27(24)31)20-11-7-5-8-12-20/h5-16,18,24-26H,3-4,17H2,1-2H3/t24-,25-,26-/m0/s1. The van der Waals surface area contributed by atoms with Gasteiger partial charge in [0.15, 0.2) is 17.6 Å². The fourth-order valence-electron chi connectivity index (χ4n) is 4.69. The fraction of sp³-hybridized carbons (Fsp3) is 0.286. The Bertz CT molecular complexity index is 1200. The molecule has 0 aromatic heterocycles. The van der Waals surface area contributed by atoms with Gasteiger partial charge in [0, 0.05) is 0 Å². The van der Waals surface area contributed by atoms with Gasteiger partial charge < -0.3 is 9.47 Å². The molecule has 0 aliphatic carbocycles. The minimum Gasteiger partial charge on any atom is -0.490 e. The second-order valence-electron chi connectivity index (χ2n) is 8.49. The summed E-state index contributed by atoms with van der Waals surface area (Å²) in [5.74, 6) is -0.0909. The molecule has 2 aliphatic heterocycles. The number of amides is 2. The van der Waals surface area contributed by atoms with Crippen molar-refractivity contribution in [2.24, 2.45) is 5.92 Å². The molecule has 5 rings (SSSR count). The van der Waals surface area contributed by atoms with Crippen LogP contribution in [0.3, 0.4) is 0 Å². The Morgan fingerprint density at radius 1 is 0.800 bits per heavy atom. The van der Waals surface area contributed by atoms with Gasteiger partial charge in [0.1, 0.15) is 5.92 Å². The van der Waals surface area contributed by atoms with E-state index in [4.69, 9.17) is 14.3 Å². The minimum absolute atomic E-state index is 0.279. The van der Waals surface area contributed by atoms with E-state index in [0.29, 0.717) is 30.4 Å². The number of benzene rings is 3. The average molecular weight is 473 g/mol. The second kappa shape index (κ2) is 9.80. The average Bonchev–Trinajstić information content (AvgIpc) is 3.40. The number of hydrogen-bond donors (Lipinski definition) is 0. The van der Waals surface area contributed by atoms with E-state index in [0.717, 1.165) is 17.7 Å². The number of fused-ring (bicyclic) bond motifs is 1. The molecule has 2 aliphatic rings. The van der Waals surface area contributed by atoms with Crippen LogP contribution in [0.2, 0.25) is 0 Å². The van der Waals surface area contributed by atoms with Crippen molar-refractivity contribution in [2.45, 2.75) is 32.4 Å². The second-order valence-corrected chi connectivity index (χ2v) is 8.49. The summed E-state index contributed by atoms with van der Waals surface area (Å²) in [5, 5.41) is 1.69. The molecule has 0 unspecified atom stereocenters. The molecule has 180 valence electrons. The molecule has 35 heavy (non-hydrogen) atoms. The number of nitrogens with zero attached hydrogens (tertiary/aromatic N) is 2. The van der Waals surface area contributed by atoms with Crippen LogP contribution in [0.15, 0.2) is 78.9 Å². The van der Waals surface area contributed by atoms with Crippen LogP contribution < -0.4 is 19.4 Å². The Hall–Kier alpha value is -3.84. The topological polar surface area (TPSA) is 68.3 Å². The van der Waals surface area contributed by atoms with Crippen LogP contribution in [0.1, 0.15) is 31.9 Å². The first-order valence-corrected chi connectivity index (χ1v) is 12.0. The van der Waals surface area contributed by atoms with Gasteiger partial charge >= 0.3 is 0 Å². The predicted molar refractivity (Wildman–Crippen MR) is 132 cm³/mol. The zero-order valence-electron chi connectivity index (χ0n) is 19.8. The molecule has 2 heterocycles. The molecule has 7 heteroatoms. The van der Waals surface area contributed by atoms with Gasteiger partial charge in [-0.1, -0.05) is 49.4 Å². The zero-order chi connectivity index (χ0) is 24.4. The van der Waals surface area contributed by atoms with Crippen LogP contribution in [0.4, 0.5) is 11.4 Å². The van der Waals surface area contributed by atoms with Crippen molar-refractivity contribution in [3.63, 3.8) is 0 Å². The van der Waals surface area contributed by atoms with E-state index >= 15 is 0 Å². The predicted octanol–water partition coefficient (Wildman–Crippen LogP) is 4.93. The molecule has 7 nitrogen and oxygen atoms in total. The van der Waals surface area contributed by atoms with Crippen molar-refractivity contribution in [2.75, 3.05) is 23.2 Å². The van der Waals surface area contributed by atoms with E-state index in [2.05, 4.69) is 0 Å². The highest BCUT2D eigenvalue weighted by molar-refractivity contribution is 6.23. The Morgan fingerprint density at radius 2 is 1.49 bits per heavy atom. The van der Waals surface area contributed by atoms with E-state index < -0.39 is 18.1 Å². The van der Waals surface area contributed by atoms with Crippen molar-refractivity contribution < 1.29 is 23.9 Å². The van der Waals surface area contributed by atoms with Crippen LogP contribution in [0, 0.1) is 5.92 Å². The highest BCUT2D eigenvalue weighted by atomic mass is 16.7. The molecule has 0 bridgehead atoms. The molecular weight excluding hydrogens is 444 g/mol. The van der Waals surface area contributed by atoms with Crippen molar-refractivity contribution >= 4 is 23.2 Å².